The lowest BCUT2D eigenvalue weighted by molar-refractivity contribution is -0.186. The molecule has 10 nitrogen and oxygen atoms in total. The number of nitrogens with zero attached hydrogens (tertiary/aromatic N) is 2. The van der Waals surface area contributed by atoms with E-state index in [-0.39, 0.29) is 18.4 Å². The van der Waals surface area contributed by atoms with E-state index in [0.717, 1.165) is 41.3 Å². The van der Waals surface area contributed by atoms with E-state index < -0.39 is 12.4 Å². The van der Waals surface area contributed by atoms with E-state index in [1.54, 1.807) is 30.5 Å². The van der Waals surface area contributed by atoms with Crippen LogP contribution < -0.4 is 10.8 Å². The lowest BCUT2D eigenvalue weighted by atomic mass is 10.1. The minimum absolute atomic E-state index is 0.214. The Hall–Kier alpha value is -3.89. The van der Waals surface area contributed by atoms with Gasteiger partial charge < -0.3 is 24.6 Å². The van der Waals surface area contributed by atoms with Crippen molar-refractivity contribution in [1.82, 2.24) is 20.3 Å². The number of amides is 3. The van der Waals surface area contributed by atoms with Crippen molar-refractivity contribution in [3.8, 4) is 0 Å². The first kappa shape index (κ1) is 23.8. The van der Waals surface area contributed by atoms with Gasteiger partial charge in [0.25, 0.3) is 11.8 Å². The number of hydrogen-bond donors (Lipinski definition) is 3. The van der Waals surface area contributed by atoms with Gasteiger partial charge in [0.05, 0.1) is 17.6 Å². The molecule has 1 fully saturated rings. The average molecular weight is 493 g/mol. The molecule has 3 aromatic rings. The number of hydroxylamine groups is 1. The minimum atomic E-state index is -0.954. The van der Waals surface area contributed by atoms with Crippen LogP contribution in [0.3, 0.4) is 0 Å². The molecular weight excluding hydrogens is 464 g/mol. The molecular formula is C26H28N4O6. The number of carbonyl (C=O) groups excluding carboxylic acids is 2. The van der Waals surface area contributed by atoms with E-state index in [1.807, 2.05) is 22.8 Å². The fraction of sp³-hybridized carbons (Fsp3) is 0.346. The summed E-state index contributed by atoms with van der Waals surface area (Å²) >= 11 is 0. The Kier molecular flexibility index (Phi) is 6.88. The Bertz CT molecular complexity index is 1280. The number of rotatable bonds is 6. The number of carboxylic acid groups (broad SMARTS) is 1. The topological polar surface area (TPSA) is 122 Å². The van der Waals surface area contributed by atoms with Crippen LogP contribution in [0.1, 0.15) is 51.1 Å². The number of nitrogens with one attached hydrogen (secondary N) is 2. The second-order valence-electron chi connectivity index (χ2n) is 8.98. The Labute approximate surface area is 207 Å². The first-order chi connectivity index (χ1) is 17.5. The molecule has 0 radical (unpaired) electrons. The van der Waals surface area contributed by atoms with Crippen LogP contribution in [0.4, 0.5) is 4.79 Å². The summed E-state index contributed by atoms with van der Waals surface area (Å²) < 4.78 is 7.39. The molecule has 36 heavy (non-hydrogen) atoms. The highest BCUT2D eigenvalue weighted by atomic mass is 16.8. The van der Waals surface area contributed by atoms with Gasteiger partial charge >= 0.3 is 6.09 Å². The third kappa shape index (κ3) is 5.05. The molecule has 10 heteroatoms. The molecule has 0 saturated carbocycles. The first-order valence-electron chi connectivity index (χ1n) is 12.0. The van der Waals surface area contributed by atoms with Crippen LogP contribution in [0, 0.1) is 0 Å². The Balaban J connectivity index is 1.21. The Morgan fingerprint density at radius 3 is 2.64 bits per heavy atom. The molecule has 1 aromatic heterocycles. The molecule has 1 saturated heterocycles. The number of para-hydroxylation sites is 1. The molecule has 3 N–H and O–H groups in total. The second-order valence-corrected chi connectivity index (χ2v) is 8.98. The Morgan fingerprint density at radius 1 is 1.06 bits per heavy atom. The van der Waals surface area contributed by atoms with Crippen molar-refractivity contribution >= 4 is 28.8 Å². The van der Waals surface area contributed by atoms with E-state index in [4.69, 9.17) is 9.57 Å². The molecule has 188 valence electrons. The highest BCUT2D eigenvalue weighted by Crippen LogP contribution is 2.28. The summed E-state index contributed by atoms with van der Waals surface area (Å²) in [6.45, 7) is 2.05. The SMILES string of the molecule is O=C(NOC1CCCCO1)c1ccc(CNC(=O)c2cn3c4c(cccc24)CN(C(=O)O)CC3)cc1. The van der Waals surface area contributed by atoms with E-state index in [1.165, 1.54) is 4.90 Å². The molecule has 1 unspecified atom stereocenters. The highest BCUT2D eigenvalue weighted by Gasteiger charge is 2.23. The minimum Gasteiger partial charge on any atom is -0.465 e. The molecule has 3 amide bonds. The van der Waals surface area contributed by atoms with Crippen LogP contribution >= 0.6 is 0 Å². The summed E-state index contributed by atoms with van der Waals surface area (Å²) in [7, 11) is 0. The summed E-state index contributed by atoms with van der Waals surface area (Å²) in [4.78, 5) is 43.5. The van der Waals surface area contributed by atoms with Crippen LogP contribution in [0.2, 0.25) is 0 Å². The number of ether oxygens (including phenoxy) is 1. The fourth-order valence-electron chi connectivity index (χ4n) is 4.63. The molecule has 1 atom stereocenters. The molecule has 2 aliphatic rings. The third-order valence-corrected chi connectivity index (χ3v) is 6.56. The average Bonchev–Trinajstić information content (AvgIpc) is 3.17. The summed E-state index contributed by atoms with van der Waals surface area (Å²) in [5.41, 5.74) is 6.04. The summed E-state index contributed by atoms with van der Waals surface area (Å²) in [5.74, 6) is -0.569. The van der Waals surface area contributed by atoms with Gasteiger partial charge in [0.2, 0.25) is 0 Å². The van der Waals surface area contributed by atoms with Crippen LogP contribution in [0.5, 0.6) is 0 Å². The van der Waals surface area contributed by atoms with Crippen molar-refractivity contribution < 1.29 is 29.1 Å². The predicted octanol–water partition coefficient (Wildman–Crippen LogP) is 3.25. The van der Waals surface area contributed by atoms with Crippen molar-refractivity contribution in [1.29, 1.82) is 0 Å². The molecule has 2 aromatic carbocycles. The lowest BCUT2D eigenvalue weighted by Crippen LogP contribution is -2.33. The van der Waals surface area contributed by atoms with Gasteiger partial charge in [0.1, 0.15) is 0 Å². The lowest BCUT2D eigenvalue weighted by Gasteiger charge is -2.22. The van der Waals surface area contributed by atoms with Crippen molar-refractivity contribution in [2.75, 3.05) is 13.2 Å². The van der Waals surface area contributed by atoms with Gasteiger partial charge in [-0.2, -0.15) is 0 Å². The van der Waals surface area contributed by atoms with Gasteiger partial charge in [-0.25, -0.2) is 15.1 Å². The summed E-state index contributed by atoms with van der Waals surface area (Å²) in [6.07, 6.45) is 3.18. The standard InChI is InChI=1S/C26H28N4O6/c31-24(28-36-22-6-1-2-13-35-22)18-9-7-17(8-10-18)14-27-25(32)21-16-29-11-12-30(26(33)34)15-19-4-3-5-20(21)23(19)29/h3-5,7-10,16,22H,1-2,6,11-15H2,(H,27,32)(H,28,31)(H,33,34). The maximum absolute atomic E-state index is 13.0. The van der Waals surface area contributed by atoms with E-state index in [9.17, 15) is 19.5 Å². The molecule has 0 spiro atoms. The number of hydrogen-bond acceptors (Lipinski definition) is 5. The second kappa shape index (κ2) is 10.4. The Morgan fingerprint density at radius 2 is 1.89 bits per heavy atom. The van der Waals surface area contributed by atoms with E-state index in [0.29, 0.717) is 37.4 Å². The van der Waals surface area contributed by atoms with Crippen LogP contribution in [0.15, 0.2) is 48.7 Å². The zero-order chi connectivity index (χ0) is 25.1. The van der Waals surface area contributed by atoms with Gasteiger partial charge in [0, 0.05) is 49.8 Å². The van der Waals surface area contributed by atoms with Gasteiger partial charge in [-0.05, 0) is 36.1 Å². The molecule has 5 rings (SSSR count). The first-order valence-corrected chi connectivity index (χ1v) is 12.0. The highest BCUT2D eigenvalue weighted by molar-refractivity contribution is 6.07. The maximum atomic E-state index is 13.0. The number of carbonyl (C=O) groups is 3. The quantitative estimate of drug-likeness (QED) is 0.454. The van der Waals surface area contributed by atoms with Gasteiger partial charge in [0.15, 0.2) is 6.29 Å². The molecule has 0 bridgehead atoms. The zero-order valence-corrected chi connectivity index (χ0v) is 19.7. The smallest absolute Gasteiger partial charge is 0.407 e. The van der Waals surface area contributed by atoms with Gasteiger partial charge in [-0.3, -0.25) is 9.59 Å². The van der Waals surface area contributed by atoms with Crippen molar-refractivity contribution in [3.63, 3.8) is 0 Å². The van der Waals surface area contributed by atoms with E-state index in [2.05, 4.69) is 10.8 Å². The molecule has 2 aliphatic heterocycles. The predicted molar refractivity (Wildman–Crippen MR) is 130 cm³/mol. The number of aromatic nitrogens is 1. The van der Waals surface area contributed by atoms with Crippen molar-refractivity contribution in [2.45, 2.75) is 45.2 Å². The number of benzene rings is 2. The van der Waals surface area contributed by atoms with E-state index >= 15 is 0 Å². The van der Waals surface area contributed by atoms with Crippen LogP contribution in [-0.2, 0) is 29.2 Å². The van der Waals surface area contributed by atoms with Crippen LogP contribution in [0.25, 0.3) is 10.9 Å². The summed E-state index contributed by atoms with van der Waals surface area (Å²) in [5, 5.41) is 13.1. The largest absolute Gasteiger partial charge is 0.465 e. The molecule has 0 aliphatic carbocycles. The zero-order valence-electron chi connectivity index (χ0n) is 19.7. The fourth-order valence-corrected chi connectivity index (χ4v) is 4.63. The maximum Gasteiger partial charge on any atom is 0.407 e. The van der Waals surface area contributed by atoms with Gasteiger partial charge in [-0.1, -0.05) is 30.3 Å². The third-order valence-electron chi connectivity index (χ3n) is 6.56. The van der Waals surface area contributed by atoms with Crippen molar-refractivity contribution in [2.24, 2.45) is 0 Å². The summed E-state index contributed by atoms with van der Waals surface area (Å²) in [6, 6.07) is 12.6. The normalized spacial score (nSPS) is 17.4. The molecule has 3 heterocycles. The van der Waals surface area contributed by atoms with Crippen LogP contribution in [-0.4, -0.2) is 51.9 Å². The monoisotopic (exact) mass is 492 g/mol. The van der Waals surface area contributed by atoms with Crippen molar-refractivity contribution in [3.05, 3.63) is 70.9 Å². The van der Waals surface area contributed by atoms with Gasteiger partial charge in [-0.15, -0.1) is 0 Å².